The molecule has 0 aliphatic carbocycles. The van der Waals surface area contributed by atoms with Crippen LogP contribution in [0.15, 0.2) is 10.5 Å². The van der Waals surface area contributed by atoms with Gasteiger partial charge in [-0.25, -0.2) is 4.79 Å². The molecular formula is C22H21BrN2O9. The van der Waals surface area contributed by atoms with E-state index < -0.39 is 28.7 Å². The Kier molecular flexibility index (Phi) is 5.44. The summed E-state index contributed by atoms with van der Waals surface area (Å²) < 4.78 is 33.9. The van der Waals surface area contributed by atoms with Gasteiger partial charge in [0.25, 0.3) is 0 Å². The number of methoxy groups -OCH3 is 3. The van der Waals surface area contributed by atoms with Crippen LogP contribution in [0.5, 0.6) is 28.7 Å². The first-order valence-electron chi connectivity index (χ1n) is 10.4. The maximum Gasteiger partial charge on any atom is 0.346 e. The summed E-state index contributed by atoms with van der Waals surface area (Å²) in [5.74, 6) is 0.682. The van der Waals surface area contributed by atoms with Gasteiger partial charge in [0.05, 0.1) is 36.8 Å². The Morgan fingerprint density at radius 2 is 1.82 bits per heavy atom. The van der Waals surface area contributed by atoms with Gasteiger partial charge in [-0.3, -0.25) is 15.0 Å². The number of esters is 1. The van der Waals surface area contributed by atoms with Gasteiger partial charge in [0.1, 0.15) is 11.7 Å². The average molecular weight is 537 g/mol. The molecule has 2 atom stereocenters. The number of carbonyl (C=O) groups is 1. The van der Waals surface area contributed by atoms with Gasteiger partial charge in [0.2, 0.25) is 18.3 Å². The molecule has 0 N–H and O–H groups in total. The highest BCUT2D eigenvalue weighted by Gasteiger charge is 2.50. The van der Waals surface area contributed by atoms with Gasteiger partial charge in [0.15, 0.2) is 17.2 Å². The highest BCUT2D eigenvalue weighted by Crippen LogP contribution is 2.58. The number of benzene rings is 2. The lowest BCUT2D eigenvalue weighted by Crippen LogP contribution is -2.36. The zero-order chi connectivity index (χ0) is 24.3. The largest absolute Gasteiger partial charge is 0.492 e. The van der Waals surface area contributed by atoms with Crippen molar-refractivity contribution in [3.63, 3.8) is 0 Å². The molecule has 0 radical (unpaired) electrons. The van der Waals surface area contributed by atoms with E-state index in [0.29, 0.717) is 40.3 Å². The fourth-order valence-corrected chi connectivity index (χ4v) is 5.77. The van der Waals surface area contributed by atoms with Gasteiger partial charge in [0, 0.05) is 17.7 Å². The van der Waals surface area contributed by atoms with Crippen molar-refractivity contribution in [1.82, 2.24) is 4.90 Å². The van der Waals surface area contributed by atoms with E-state index in [4.69, 9.17) is 28.4 Å². The number of ether oxygens (including phenoxy) is 6. The molecule has 3 aliphatic rings. The first-order chi connectivity index (χ1) is 16.3. The van der Waals surface area contributed by atoms with Gasteiger partial charge in [-0.05, 0) is 41.0 Å². The van der Waals surface area contributed by atoms with Gasteiger partial charge in [-0.1, -0.05) is 0 Å². The molecule has 34 heavy (non-hydrogen) atoms. The maximum atomic E-state index is 13.1. The molecule has 0 aromatic heterocycles. The Bertz CT molecular complexity index is 1230. The molecule has 0 unspecified atom stereocenters. The van der Waals surface area contributed by atoms with Crippen LogP contribution in [0.25, 0.3) is 0 Å². The second kappa shape index (κ2) is 8.20. The van der Waals surface area contributed by atoms with Crippen molar-refractivity contribution in [1.29, 1.82) is 0 Å². The van der Waals surface area contributed by atoms with Crippen LogP contribution in [0.3, 0.4) is 0 Å². The second-order valence-electron chi connectivity index (χ2n) is 7.99. The summed E-state index contributed by atoms with van der Waals surface area (Å²) in [4.78, 5) is 26.5. The minimum absolute atomic E-state index is 0.0745. The van der Waals surface area contributed by atoms with E-state index in [1.54, 1.807) is 0 Å². The van der Waals surface area contributed by atoms with Crippen molar-refractivity contribution in [2.75, 3.05) is 41.7 Å². The Balaban J connectivity index is 1.78. The van der Waals surface area contributed by atoms with Crippen LogP contribution >= 0.6 is 15.9 Å². The first-order valence-corrected chi connectivity index (χ1v) is 11.2. The molecule has 11 nitrogen and oxygen atoms in total. The Morgan fingerprint density at radius 1 is 1.12 bits per heavy atom. The molecule has 3 aliphatic heterocycles. The molecule has 0 fully saturated rings. The fraction of sp³-hybridized carbons (Fsp3) is 0.409. The molecule has 3 heterocycles. The summed E-state index contributed by atoms with van der Waals surface area (Å²) in [6.07, 6.45) is -0.190. The quantitative estimate of drug-likeness (QED) is 0.318. The number of cyclic esters (lactones) is 1. The van der Waals surface area contributed by atoms with Crippen molar-refractivity contribution in [2.24, 2.45) is 0 Å². The third kappa shape index (κ3) is 3.01. The zero-order valence-electron chi connectivity index (χ0n) is 18.8. The lowest BCUT2D eigenvalue weighted by atomic mass is 9.85. The number of fused-ring (bicyclic) bond motifs is 3. The van der Waals surface area contributed by atoms with Crippen LogP contribution in [-0.4, -0.2) is 57.5 Å². The number of nitro benzene ring substituents is 1. The molecule has 0 saturated heterocycles. The lowest BCUT2D eigenvalue weighted by molar-refractivity contribution is -0.386. The number of hydrogen-bond donors (Lipinski definition) is 0. The minimum atomic E-state index is -0.895. The maximum absolute atomic E-state index is 13.1. The Labute approximate surface area is 202 Å². The standard InChI is InChI=1S/C22H21BrN2O9/c1-24-6-5-9-7-10-17(33-8-32-10)19(29-2)11(9)15(24)18-12-13(22(26)34-18)16(25(27)28)21(31-4)20(30-3)14(12)23/h7,15,18H,5-6,8H2,1-4H3/t15-,18+/m1/s1. The molecule has 2 aromatic carbocycles. The van der Waals surface area contributed by atoms with Crippen LogP contribution in [0, 0.1) is 10.1 Å². The van der Waals surface area contributed by atoms with Crippen molar-refractivity contribution >= 4 is 27.6 Å². The summed E-state index contributed by atoms with van der Waals surface area (Å²) in [6, 6.07) is 1.39. The van der Waals surface area contributed by atoms with Crippen LogP contribution in [0.1, 0.15) is 39.2 Å². The smallest absolute Gasteiger partial charge is 0.346 e. The third-order valence-electron chi connectivity index (χ3n) is 6.42. The summed E-state index contributed by atoms with van der Waals surface area (Å²) in [7, 11) is 6.08. The molecular weight excluding hydrogens is 516 g/mol. The zero-order valence-corrected chi connectivity index (χ0v) is 20.4. The molecule has 0 amide bonds. The molecule has 2 aromatic rings. The highest BCUT2D eigenvalue weighted by molar-refractivity contribution is 9.10. The number of carbonyl (C=O) groups excluding carboxylic acids is 1. The van der Waals surface area contributed by atoms with Crippen LogP contribution in [-0.2, 0) is 11.2 Å². The van der Waals surface area contributed by atoms with Crippen LogP contribution < -0.4 is 23.7 Å². The molecule has 12 heteroatoms. The predicted molar refractivity (Wildman–Crippen MR) is 120 cm³/mol. The summed E-state index contributed by atoms with van der Waals surface area (Å²) in [5.41, 5.74) is 1.38. The molecule has 5 rings (SSSR count). The normalized spacial score (nSPS) is 20.4. The summed E-state index contributed by atoms with van der Waals surface area (Å²) in [6.45, 7) is 0.724. The van der Waals surface area contributed by atoms with E-state index in [9.17, 15) is 14.9 Å². The van der Waals surface area contributed by atoms with Crippen molar-refractivity contribution in [3.8, 4) is 28.7 Å². The summed E-state index contributed by atoms with van der Waals surface area (Å²) >= 11 is 3.49. The van der Waals surface area contributed by atoms with E-state index in [-0.39, 0.29) is 23.9 Å². The Hall–Kier alpha value is -3.25. The highest BCUT2D eigenvalue weighted by atomic mass is 79.9. The van der Waals surface area contributed by atoms with Crippen molar-refractivity contribution < 1.29 is 38.1 Å². The van der Waals surface area contributed by atoms with E-state index in [2.05, 4.69) is 15.9 Å². The topological polar surface area (TPSA) is 119 Å². The van der Waals surface area contributed by atoms with Crippen LogP contribution in [0.4, 0.5) is 5.69 Å². The number of likely N-dealkylation sites (N-methyl/N-ethyl adjacent to an activating group) is 1. The predicted octanol–water partition coefficient (Wildman–Crippen LogP) is 3.55. The van der Waals surface area contributed by atoms with Gasteiger partial charge in [-0.2, -0.15) is 0 Å². The first kappa shape index (κ1) is 22.5. The van der Waals surface area contributed by atoms with Gasteiger partial charge in [-0.15, -0.1) is 0 Å². The number of rotatable bonds is 5. The molecule has 0 spiro atoms. The average Bonchev–Trinajstić information content (AvgIpc) is 3.41. The number of nitro groups is 1. The second-order valence-corrected chi connectivity index (χ2v) is 8.79. The fourth-order valence-electron chi connectivity index (χ4n) is 5.01. The molecule has 180 valence electrons. The molecule has 0 bridgehead atoms. The van der Waals surface area contributed by atoms with Gasteiger partial charge >= 0.3 is 11.7 Å². The van der Waals surface area contributed by atoms with E-state index in [1.807, 2.05) is 18.0 Å². The number of hydrogen-bond acceptors (Lipinski definition) is 10. The third-order valence-corrected chi connectivity index (χ3v) is 7.20. The summed E-state index contributed by atoms with van der Waals surface area (Å²) in [5, 5.41) is 12.0. The van der Waals surface area contributed by atoms with Crippen LogP contribution in [0.2, 0.25) is 0 Å². The SMILES string of the molecule is COc1c(Br)c2c(c([N+](=O)[O-])c1OC)C(=O)O[C@@H]2[C@H]1c2c(cc3c(c2OC)OCO3)CCN1C. The monoisotopic (exact) mass is 536 g/mol. The van der Waals surface area contributed by atoms with Gasteiger partial charge < -0.3 is 28.4 Å². The number of halogens is 1. The Morgan fingerprint density at radius 3 is 2.47 bits per heavy atom. The van der Waals surface area contributed by atoms with Crippen molar-refractivity contribution in [3.05, 3.63) is 42.9 Å². The lowest BCUT2D eigenvalue weighted by Gasteiger charge is -2.38. The van der Waals surface area contributed by atoms with E-state index in [0.717, 1.165) is 11.1 Å². The number of nitrogens with zero attached hydrogens (tertiary/aromatic N) is 2. The van der Waals surface area contributed by atoms with Crippen molar-refractivity contribution in [2.45, 2.75) is 18.6 Å². The molecule has 0 saturated carbocycles. The van der Waals surface area contributed by atoms with E-state index in [1.165, 1.54) is 21.3 Å². The minimum Gasteiger partial charge on any atom is -0.492 e. The van der Waals surface area contributed by atoms with E-state index >= 15 is 0 Å².